The molecule has 0 spiro atoms. The fourth-order valence-electron chi connectivity index (χ4n) is 3.72. The lowest BCUT2D eigenvalue weighted by Gasteiger charge is -2.16. The zero-order chi connectivity index (χ0) is 19.3. The molecular weight excluding hydrogens is 364 g/mol. The molecule has 0 saturated carbocycles. The highest BCUT2D eigenvalue weighted by atomic mass is 32.1. The number of nitrogen functional groups attached to an aromatic ring is 1. The van der Waals surface area contributed by atoms with E-state index >= 15 is 0 Å². The van der Waals surface area contributed by atoms with E-state index in [1.807, 2.05) is 30.3 Å². The average Bonchev–Trinajstić information content (AvgIpc) is 2.71. The lowest BCUT2D eigenvalue weighted by molar-refractivity contribution is 0.415. The first kappa shape index (κ1) is 16.8. The van der Waals surface area contributed by atoms with E-state index in [1.54, 1.807) is 18.4 Å². The van der Waals surface area contributed by atoms with Crippen LogP contribution in [0.4, 0.5) is 5.69 Å². The molecule has 1 aliphatic carbocycles. The molecule has 136 valence electrons. The number of fused-ring (bicyclic) bond motifs is 3. The molecule has 2 aliphatic rings. The van der Waals surface area contributed by atoms with Crippen molar-refractivity contribution in [1.82, 2.24) is 0 Å². The fourth-order valence-corrected chi connectivity index (χ4v) is 4.90. The van der Waals surface area contributed by atoms with Gasteiger partial charge in [0, 0.05) is 26.2 Å². The largest absolute Gasteiger partial charge is 0.497 e. The molecule has 0 aromatic heterocycles. The van der Waals surface area contributed by atoms with Crippen molar-refractivity contribution >= 4 is 37.9 Å². The van der Waals surface area contributed by atoms with Crippen LogP contribution in [-0.4, -0.2) is 7.11 Å². The van der Waals surface area contributed by atoms with Crippen LogP contribution in [0, 0.1) is 5.41 Å². The summed E-state index contributed by atoms with van der Waals surface area (Å²) < 4.78 is 6.47. The van der Waals surface area contributed by atoms with E-state index in [0.717, 1.165) is 37.5 Å². The van der Waals surface area contributed by atoms with Gasteiger partial charge in [-0.1, -0.05) is 30.3 Å². The van der Waals surface area contributed by atoms with Crippen LogP contribution in [0.5, 0.6) is 5.75 Å². The molecule has 0 amide bonds. The Hall–Kier alpha value is -3.37. The first-order chi connectivity index (χ1) is 13.6. The average molecular weight is 382 g/mol. The molecule has 5 rings (SSSR count). The van der Waals surface area contributed by atoms with Crippen molar-refractivity contribution in [2.75, 3.05) is 12.8 Å². The van der Waals surface area contributed by atoms with E-state index < -0.39 is 0 Å². The zero-order valence-corrected chi connectivity index (χ0v) is 16.1. The van der Waals surface area contributed by atoms with Crippen LogP contribution in [0.25, 0.3) is 42.4 Å². The van der Waals surface area contributed by atoms with E-state index in [-0.39, 0.29) is 0 Å². The Morgan fingerprint density at radius 2 is 1.68 bits per heavy atom. The Morgan fingerprint density at radius 3 is 2.54 bits per heavy atom. The van der Waals surface area contributed by atoms with Gasteiger partial charge < -0.3 is 15.9 Å². The van der Waals surface area contributed by atoms with Crippen LogP contribution in [-0.2, 0) is 0 Å². The summed E-state index contributed by atoms with van der Waals surface area (Å²) in [5, 5.41) is 12.0. The fraction of sp³-hybridized carbons (Fsp3) is 0.0417. The highest BCUT2D eigenvalue weighted by Crippen LogP contribution is 2.43. The van der Waals surface area contributed by atoms with E-state index in [1.165, 1.54) is 16.3 Å². The minimum Gasteiger partial charge on any atom is -0.497 e. The molecule has 1 heterocycles. The predicted octanol–water partition coefficient (Wildman–Crippen LogP) is 5.90. The van der Waals surface area contributed by atoms with E-state index in [4.69, 9.17) is 15.9 Å². The van der Waals surface area contributed by atoms with E-state index in [0.29, 0.717) is 5.36 Å². The molecule has 3 N–H and O–H groups in total. The monoisotopic (exact) mass is 382 g/mol. The van der Waals surface area contributed by atoms with Crippen LogP contribution >= 0.6 is 11.3 Å². The number of hydrogen-bond donors (Lipinski definition) is 2. The summed E-state index contributed by atoms with van der Waals surface area (Å²) in [6.07, 6.45) is 0. The van der Waals surface area contributed by atoms with Gasteiger partial charge in [-0.25, -0.2) is 0 Å². The molecule has 0 saturated heterocycles. The summed E-state index contributed by atoms with van der Waals surface area (Å²) in [6.45, 7) is 0. The third-order valence-corrected chi connectivity index (χ3v) is 6.20. The molecule has 0 bridgehead atoms. The molecule has 3 aromatic rings. The molecule has 0 atom stereocenters. The van der Waals surface area contributed by atoms with Gasteiger partial charge >= 0.3 is 0 Å². The minimum absolute atomic E-state index is 0.517. The molecule has 1 aliphatic heterocycles. The summed E-state index contributed by atoms with van der Waals surface area (Å²) in [6, 6.07) is 24.6. The molecule has 3 nitrogen and oxygen atoms in total. The number of methoxy groups -OCH3 is 1. The van der Waals surface area contributed by atoms with Crippen molar-refractivity contribution in [3.8, 4) is 27.3 Å². The smallest absolute Gasteiger partial charge is 0.119 e. The lowest BCUT2D eigenvalue weighted by atomic mass is 9.93. The maximum absolute atomic E-state index is 8.02. The molecule has 0 radical (unpaired) electrons. The van der Waals surface area contributed by atoms with Gasteiger partial charge in [0.15, 0.2) is 0 Å². The number of anilines is 1. The van der Waals surface area contributed by atoms with E-state index in [9.17, 15) is 0 Å². The van der Waals surface area contributed by atoms with Crippen LogP contribution in [0.1, 0.15) is 0 Å². The summed E-state index contributed by atoms with van der Waals surface area (Å²) in [5.74, 6) is 0.858. The Kier molecular flexibility index (Phi) is 3.81. The van der Waals surface area contributed by atoms with Crippen molar-refractivity contribution in [1.29, 1.82) is 5.41 Å². The van der Waals surface area contributed by atoms with Gasteiger partial charge in [0.25, 0.3) is 0 Å². The molecule has 3 aromatic carbocycles. The first-order valence-electron chi connectivity index (χ1n) is 9.01. The van der Waals surface area contributed by atoms with Crippen molar-refractivity contribution in [3.63, 3.8) is 0 Å². The van der Waals surface area contributed by atoms with Crippen molar-refractivity contribution in [2.24, 2.45) is 0 Å². The number of nitrogens with one attached hydrogen (secondary N) is 1. The molecule has 4 heteroatoms. The highest BCUT2D eigenvalue weighted by Gasteiger charge is 2.16. The van der Waals surface area contributed by atoms with Gasteiger partial charge in [-0.15, -0.1) is 11.3 Å². The predicted molar refractivity (Wildman–Crippen MR) is 118 cm³/mol. The summed E-state index contributed by atoms with van der Waals surface area (Å²) in [7, 11) is 1.69. The van der Waals surface area contributed by atoms with Gasteiger partial charge in [-0.2, -0.15) is 0 Å². The third-order valence-electron chi connectivity index (χ3n) is 5.08. The normalized spacial score (nSPS) is 11.3. The standard InChI is InChI=1S/C24H18N2OS/c1-27-19-7-4-14-10-16(3-2-15(14)11-19)24-20-8-5-17(25)12-22(20)28-23-13-18(26)6-9-21(23)24/h2-13,25H,26H2,1H3. The maximum atomic E-state index is 8.02. The Morgan fingerprint density at radius 1 is 0.857 bits per heavy atom. The zero-order valence-electron chi connectivity index (χ0n) is 15.3. The number of rotatable bonds is 2. The highest BCUT2D eigenvalue weighted by molar-refractivity contribution is 7.21. The number of hydrogen-bond acceptors (Lipinski definition) is 4. The second-order valence-corrected chi connectivity index (χ2v) is 7.96. The summed E-state index contributed by atoms with van der Waals surface area (Å²) in [4.78, 5) is 1.09. The Labute approximate surface area is 166 Å². The number of nitrogens with two attached hydrogens (primary N) is 1. The summed E-state index contributed by atoms with van der Waals surface area (Å²) in [5.41, 5.74) is 10.3. The van der Waals surface area contributed by atoms with Gasteiger partial charge in [0.1, 0.15) is 5.75 Å². The van der Waals surface area contributed by atoms with Crippen molar-refractivity contribution < 1.29 is 4.74 Å². The number of ether oxygens (including phenoxy) is 1. The van der Waals surface area contributed by atoms with E-state index in [2.05, 4.69) is 42.5 Å². The second-order valence-electron chi connectivity index (χ2n) is 6.87. The maximum Gasteiger partial charge on any atom is 0.119 e. The quantitative estimate of drug-likeness (QED) is 0.295. The summed E-state index contributed by atoms with van der Waals surface area (Å²) >= 11 is 1.68. The van der Waals surface area contributed by atoms with Crippen LogP contribution in [0.15, 0.2) is 72.8 Å². The van der Waals surface area contributed by atoms with Gasteiger partial charge in [-0.05, 0) is 64.4 Å². The lowest BCUT2D eigenvalue weighted by Crippen LogP contribution is -1.99. The minimum atomic E-state index is 0.517. The van der Waals surface area contributed by atoms with Gasteiger partial charge in [0.2, 0.25) is 0 Å². The molecule has 28 heavy (non-hydrogen) atoms. The number of benzene rings is 4. The van der Waals surface area contributed by atoms with Crippen LogP contribution in [0.3, 0.4) is 0 Å². The van der Waals surface area contributed by atoms with Gasteiger partial charge in [-0.3, -0.25) is 0 Å². The second kappa shape index (κ2) is 6.36. The third kappa shape index (κ3) is 2.70. The molecular formula is C24H18N2OS. The van der Waals surface area contributed by atoms with Crippen LogP contribution < -0.4 is 15.8 Å². The SMILES string of the molecule is COc1ccc2cc(-c3c4ccc(=N)cc-4sc4cc(N)ccc34)ccc2c1. The molecule has 0 unspecified atom stereocenters. The Bertz CT molecular complexity index is 1390. The Balaban J connectivity index is 1.86. The van der Waals surface area contributed by atoms with Crippen LogP contribution in [0.2, 0.25) is 0 Å². The van der Waals surface area contributed by atoms with Gasteiger partial charge in [0.05, 0.1) is 12.5 Å². The molecule has 0 fully saturated rings. The topological polar surface area (TPSA) is 59.1 Å². The van der Waals surface area contributed by atoms with Crippen molar-refractivity contribution in [2.45, 2.75) is 0 Å². The first-order valence-corrected chi connectivity index (χ1v) is 9.83. The van der Waals surface area contributed by atoms with Crippen molar-refractivity contribution in [3.05, 3.63) is 78.2 Å².